The number of ether oxygens (including phenoxy) is 6. The Morgan fingerprint density at radius 2 is 0.829 bits per heavy atom. The Morgan fingerprint density at radius 3 is 1.26 bits per heavy atom. The largest absolute Gasteiger partial charge is 0.462 e. The quantitative estimate of drug-likeness (QED) is 0.0192. The summed E-state index contributed by atoms with van der Waals surface area (Å²) in [5, 5.41) is 72.1. The first-order chi connectivity index (χ1) is 34.0. The summed E-state index contributed by atoms with van der Waals surface area (Å²) in [4.78, 5) is 25.7. The normalized spacial score (nSPS) is 26.4. The summed E-state index contributed by atoms with van der Waals surface area (Å²) < 4.78 is 33.4. The highest BCUT2D eigenvalue weighted by atomic mass is 16.7. The Kier molecular flexibility index (Phi) is 35.9. The van der Waals surface area contributed by atoms with Crippen LogP contribution in [0.4, 0.5) is 0 Å². The zero-order valence-electron chi connectivity index (χ0n) is 41.4. The fourth-order valence-electron chi connectivity index (χ4n) is 6.87. The second-order valence-electron chi connectivity index (χ2n) is 16.9. The maximum Gasteiger partial charge on any atom is 0.306 e. The average Bonchev–Trinajstić information content (AvgIpc) is 3.35. The van der Waals surface area contributed by atoms with E-state index in [1.807, 2.05) is 24.3 Å². The number of esters is 2. The predicted molar refractivity (Wildman–Crippen MR) is 270 cm³/mol. The maximum absolute atomic E-state index is 13.0. The predicted octanol–water partition coefficient (Wildman–Crippen LogP) is 6.93. The van der Waals surface area contributed by atoms with Crippen molar-refractivity contribution in [3.8, 4) is 0 Å². The summed E-state index contributed by atoms with van der Waals surface area (Å²) in [6.45, 7) is 2.20. The zero-order chi connectivity index (χ0) is 51.0. The minimum Gasteiger partial charge on any atom is -0.462 e. The van der Waals surface area contributed by atoms with Crippen molar-refractivity contribution in [2.24, 2.45) is 0 Å². The molecule has 0 aromatic rings. The van der Waals surface area contributed by atoms with Gasteiger partial charge < -0.3 is 64.2 Å². The van der Waals surface area contributed by atoms with E-state index in [4.69, 9.17) is 28.4 Å². The maximum atomic E-state index is 13.0. The van der Waals surface area contributed by atoms with E-state index in [0.29, 0.717) is 25.7 Å². The molecule has 0 aromatic heterocycles. The number of carbonyl (C=O) groups is 2. The highest BCUT2D eigenvalue weighted by molar-refractivity contribution is 5.70. The van der Waals surface area contributed by atoms with E-state index in [9.17, 15) is 45.3 Å². The molecule has 11 atom stereocenters. The second kappa shape index (κ2) is 40.5. The lowest BCUT2D eigenvalue weighted by Gasteiger charge is -2.42. The highest BCUT2D eigenvalue weighted by Gasteiger charge is 2.47. The van der Waals surface area contributed by atoms with Gasteiger partial charge in [0, 0.05) is 12.8 Å². The fourth-order valence-corrected chi connectivity index (χ4v) is 6.87. The van der Waals surface area contributed by atoms with Gasteiger partial charge in [-0.05, 0) is 89.9 Å². The van der Waals surface area contributed by atoms with E-state index in [2.05, 4.69) is 111 Å². The number of hydrogen-bond donors (Lipinski definition) is 7. The summed E-state index contributed by atoms with van der Waals surface area (Å²) in [5.74, 6) is -1.08. The summed E-state index contributed by atoms with van der Waals surface area (Å²) in [6.07, 6.45) is 36.7. The number of unbranched alkanes of at least 4 members (excludes halogenated alkanes) is 2. The Hall–Kier alpha value is -4.10. The van der Waals surface area contributed by atoms with Gasteiger partial charge in [-0.25, -0.2) is 0 Å². The SMILES string of the molecule is CC/C=C\C/C=C\C/C=C\C/C=C\C/C=C\CCCC(=O)OC[C@H](CO[C@@H]1O[C@H](CO[C@H]2O[C@H](CO)[C@H](O)[C@H](O)[C@H]2O)[C@H](O)[C@H](O)[C@H]1O)OC(=O)CCC/C=C\C/C=C\C/C=C\C/C=C\C/C=C\CC. The van der Waals surface area contributed by atoms with Crippen LogP contribution in [0.25, 0.3) is 0 Å². The van der Waals surface area contributed by atoms with Crippen LogP contribution in [-0.4, -0.2) is 142 Å². The van der Waals surface area contributed by atoms with E-state index >= 15 is 0 Å². The molecular formula is C55H84O15. The van der Waals surface area contributed by atoms with Crippen LogP contribution in [0.15, 0.2) is 122 Å². The summed E-state index contributed by atoms with van der Waals surface area (Å²) in [5.41, 5.74) is 0. The molecule has 15 nitrogen and oxygen atoms in total. The van der Waals surface area contributed by atoms with Crippen LogP contribution in [0, 0.1) is 0 Å². The summed E-state index contributed by atoms with van der Waals surface area (Å²) in [6, 6.07) is 0. The molecule has 0 aliphatic carbocycles. The average molecular weight is 985 g/mol. The van der Waals surface area contributed by atoms with Gasteiger partial charge in [-0.2, -0.15) is 0 Å². The number of carbonyl (C=O) groups excluding carboxylic acids is 2. The van der Waals surface area contributed by atoms with Crippen molar-refractivity contribution in [1.29, 1.82) is 0 Å². The van der Waals surface area contributed by atoms with Crippen LogP contribution in [0.3, 0.4) is 0 Å². The van der Waals surface area contributed by atoms with Gasteiger partial charge in [0.2, 0.25) is 0 Å². The number of rotatable bonds is 36. The Morgan fingerprint density at radius 1 is 0.457 bits per heavy atom. The standard InChI is InChI=1S/C55H84O15/c1-3-5-7-9-11-13-15-17-19-21-23-25-27-29-31-33-35-37-46(57)65-40-43(68-47(58)38-36-34-32-30-28-26-24-22-20-18-16-14-12-10-8-6-4-2)41-66-54-53(64)51(62)49(60)45(70-54)42-67-55-52(63)50(61)48(59)44(39-56)69-55/h5-8,11-14,17-20,23-26,29-32,43-45,48-56,59-64H,3-4,9-10,15-16,21-22,27-28,33-42H2,1-2H3/b7-5-,8-6-,13-11-,14-12-,19-17-,20-18-,25-23-,26-24-,31-29-,32-30-/t43-,44-,45-,48+,49+,50+,51+,52-,53-,54-,55+/m1/s1. The molecule has 2 fully saturated rings. The van der Waals surface area contributed by atoms with Gasteiger partial charge in [0.1, 0.15) is 55.4 Å². The van der Waals surface area contributed by atoms with Crippen LogP contribution in [0.1, 0.15) is 117 Å². The van der Waals surface area contributed by atoms with Crippen LogP contribution < -0.4 is 0 Å². The second-order valence-corrected chi connectivity index (χ2v) is 16.9. The van der Waals surface area contributed by atoms with Crippen LogP contribution >= 0.6 is 0 Å². The molecule has 0 radical (unpaired) electrons. The summed E-state index contributed by atoms with van der Waals surface area (Å²) in [7, 11) is 0. The molecule has 2 rings (SSSR count). The van der Waals surface area contributed by atoms with Crippen molar-refractivity contribution < 1.29 is 73.8 Å². The van der Waals surface area contributed by atoms with Gasteiger partial charge in [0.15, 0.2) is 18.7 Å². The first-order valence-corrected chi connectivity index (χ1v) is 25.1. The van der Waals surface area contributed by atoms with Gasteiger partial charge in [0.25, 0.3) is 0 Å². The van der Waals surface area contributed by atoms with Gasteiger partial charge in [0.05, 0.1) is 19.8 Å². The highest BCUT2D eigenvalue weighted by Crippen LogP contribution is 2.26. The van der Waals surface area contributed by atoms with Crippen molar-refractivity contribution >= 4 is 11.9 Å². The van der Waals surface area contributed by atoms with E-state index in [-0.39, 0.29) is 19.4 Å². The molecule has 2 aliphatic heterocycles. The lowest BCUT2D eigenvalue weighted by Crippen LogP contribution is -2.61. The molecule has 0 spiro atoms. The fraction of sp³-hybridized carbons (Fsp3) is 0.600. The number of hydrogen-bond acceptors (Lipinski definition) is 15. The molecule has 70 heavy (non-hydrogen) atoms. The van der Waals surface area contributed by atoms with Crippen molar-refractivity contribution in [3.05, 3.63) is 122 Å². The van der Waals surface area contributed by atoms with Crippen LogP contribution in [0.2, 0.25) is 0 Å². The first-order valence-electron chi connectivity index (χ1n) is 25.1. The van der Waals surface area contributed by atoms with Crippen molar-refractivity contribution in [2.75, 3.05) is 26.4 Å². The molecule has 0 saturated carbocycles. The zero-order valence-corrected chi connectivity index (χ0v) is 41.4. The first kappa shape index (κ1) is 62.0. The summed E-state index contributed by atoms with van der Waals surface area (Å²) >= 11 is 0. The van der Waals surface area contributed by atoms with Crippen molar-refractivity contribution in [1.82, 2.24) is 0 Å². The van der Waals surface area contributed by atoms with Crippen molar-refractivity contribution in [3.63, 3.8) is 0 Å². The molecule has 15 heteroatoms. The van der Waals surface area contributed by atoms with E-state index in [0.717, 1.165) is 64.2 Å². The number of aliphatic hydroxyl groups excluding tert-OH is 7. The molecule has 7 N–H and O–H groups in total. The van der Waals surface area contributed by atoms with Gasteiger partial charge >= 0.3 is 11.9 Å². The molecular weight excluding hydrogens is 901 g/mol. The molecule has 394 valence electrons. The Bertz CT molecular complexity index is 1680. The third kappa shape index (κ3) is 28.1. The van der Waals surface area contributed by atoms with E-state index in [1.54, 1.807) is 0 Å². The Labute approximate surface area is 416 Å². The minimum atomic E-state index is -1.79. The third-order valence-corrected chi connectivity index (χ3v) is 10.9. The lowest BCUT2D eigenvalue weighted by atomic mass is 9.98. The molecule has 2 saturated heterocycles. The molecule has 0 unspecified atom stereocenters. The van der Waals surface area contributed by atoms with Crippen LogP contribution in [-0.2, 0) is 38.0 Å². The molecule has 2 heterocycles. The van der Waals surface area contributed by atoms with Gasteiger partial charge in [-0.1, -0.05) is 135 Å². The lowest BCUT2D eigenvalue weighted by molar-refractivity contribution is -0.332. The topological polar surface area (TPSA) is 231 Å². The van der Waals surface area contributed by atoms with Crippen molar-refractivity contribution in [2.45, 2.75) is 184 Å². The number of allylic oxidation sites excluding steroid dienone is 20. The molecule has 0 amide bonds. The minimum absolute atomic E-state index is 0.0663. The monoisotopic (exact) mass is 985 g/mol. The van der Waals surface area contributed by atoms with E-state index < -0.39 is 99.3 Å². The third-order valence-electron chi connectivity index (χ3n) is 10.9. The van der Waals surface area contributed by atoms with Gasteiger partial charge in [-0.3, -0.25) is 9.59 Å². The number of aliphatic hydroxyl groups is 7. The van der Waals surface area contributed by atoms with Gasteiger partial charge in [-0.15, -0.1) is 0 Å². The molecule has 2 aliphatic rings. The smallest absolute Gasteiger partial charge is 0.306 e. The van der Waals surface area contributed by atoms with Crippen LogP contribution in [0.5, 0.6) is 0 Å². The molecule has 0 bridgehead atoms. The van der Waals surface area contributed by atoms with E-state index in [1.165, 1.54) is 0 Å². The molecule has 0 aromatic carbocycles. The Balaban J connectivity index is 1.88.